The standard InChI is InChI=1S/C19H30N4O2.3ClH/c1-2-22-7-9-23(10-8-22)14-16-5-3-15(4-6-16)12-21-19(25)18-11-17(24)13-20-18;;;/h3-6,17-18,20,24H,2,7-14H2,1H3,(H,21,25);3*1H. The summed E-state index contributed by atoms with van der Waals surface area (Å²) < 4.78 is 0. The van der Waals surface area contributed by atoms with E-state index in [-0.39, 0.29) is 49.2 Å². The summed E-state index contributed by atoms with van der Waals surface area (Å²) in [5.74, 6) is -0.0329. The van der Waals surface area contributed by atoms with Gasteiger partial charge in [-0.25, -0.2) is 0 Å². The fourth-order valence-electron chi connectivity index (χ4n) is 3.51. The molecule has 1 aromatic carbocycles. The first-order valence-corrected chi connectivity index (χ1v) is 9.35. The van der Waals surface area contributed by atoms with Crippen LogP contribution in [-0.2, 0) is 17.9 Å². The van der Waals surface area contributed by atoms with E-state index in [1.165, 1.54) is 5.56 Å². The van der Waals surface area contributed by atoms with Crippen LogP contribution in [-0.4, -0.2) is 72.2 Å². The Hall–Kier alpha value is -0.600. The van der Waals surface area contributed by atoms with Crippen molar-refractivity contribution in [3.8, 4) is 0 Å². The highest BCUT2D eigenvalue weighted by Crippen LogP contribution is 2.11. The van der Waals surface area contributed by atoms with Crippen molar-refractivity contribution >= 4 is 43.1 Å². The molecule has 0 saturated carbocycles. The molecule has 2 heterocycles. The van der Waals surface area contributed by atoms with Gasteiger partial charge in [0.25, 0.3) is 0 Å². The summed E-state index contributed by atoms with van der Waals surface area (Å²) in [6, 6.07) is 8.23. The molecule has 2 saturated heterocycles. The quantitative estimate of drug-likeness (QED) is 0.605. The lowest BCUT2D eigenvalue weighted by molar-refractivity contribution is -0.123. The second-order valence-electron chi connectivity index (χ2n) is 7.10. The number of benzene rings is 1. The van der Waals surface area contributed by atoms with E-state index in [0.29, 0.717) is 19.5 Å². The Labute approximate surface area is 186 Å². The number of aliphatic hydroxyl groups is 1. The molecule has 2 unspecified atom stereocenters. The minimum Gasteiger partial charge on any atom is -0.392 e. The van der Waals surface area contributed by atoms with Gasteiger partial charge in [0.15, 0.2) is 0 Å². The Kier molecular flexibility index (Phi) is 13.3. The first kappa shape index (κ1) is 27.4. The molecule has 3 N–H and O–H groups in total. The van der Waals surface area contributed by atoms with Gasteiger partial charge in [-0.2, -0.15) is 0 Å². The van der Waals surface area contributed by atoms with Crippen LogP contribution in [0.1, 0.15) is 24.5 Å². The van der Waals surface area contributed by atoms with Gasteiger partial charge in [-0.1, -0.05) is 31.2 Å². The Morgan fingerprint density at radius 2 is 1.64 bits per heavy atom. The van der Waals surface area contributed by atoms with Gasteiger partial charge >= 0.3 is 0 Å². The lowest BCUT2D eigenvalue weighted by atomic mass is 10.1. The molecule has 0 radical (unpaired) electrons. The normalized spacial score (nSPS) is 22.5. The maximum atomic E-state index is 12.0. The molecule has 28 heavy (non-hydrogen) atoms. The zero-order valence-electron chi connectivity index (χ0n) is 16.3. The lowest BCUT2D eigenvalue weighted by Gasteiger charge is -2.34. The number of halogens is 3. The highest BCUT2D eigenvalue weighted by Gasteiger charge is 2.27. The number of aliphatic hydroxyl groups excluding tert-OH is 1. The number of β-amino-alcohol motifs (C(OH)–C–C–N with tert-alkyl or cyclic N) is 1. The van der Waals surface area contributed by atoms with Crippen LogP contribution in [0.3, 0.4) is 0 Å². The molecule has 0 aliphatic carbocycles. The Bertz CT molecular complexity index is 569. The van der Waals surface area contributed by atoms with E-state index in [1.807, 2.05) is 0 Å². The van der Waals surface area contributed by atoms with Crippen molar-refractivity contribution in [1.29, 1.82) is 0 Å². The molecule has 1 aromatic rings. The van der Waals surface area contributed by atoms with Crippen LogP contribution in [0.4, 0.5) is 0 Å². The van der Waals surface area contributed by atoms with Crippen LogP contribution >= 0.6 is 37.2 Å². The predicted octanol–water partition coefficient (Wildman–Crippen LogP) is 1.43. The number of rotatable bonds is 6. The van der Waals surface area contributed by atoms with Crippen molar-refractivity contribution < 1.29 is 9.90 Å². The molecule has 162 valence electrons. The minimum atomic E-state index is -0.408. The van der Waals surface area contributed by atoms with Gasteiger partial charge in [-0.05, 0) is 24.1 Å². The predicted molar refractivity (Wildman–Crippen MR) is 120 cm³/mol. The monoisotopic (exact) mass is 454 g/mol. The third-order valence-corrected chi connectivity index (χ3v) is 5.23. The van der Waals surface area contributed by atoms with Crippen LogP contribution in [0, 0.1) is 0 Å². The van der Waals surface area contributed by atoms with Gasteiger partial charge < -0.3 is 20.6 Å². The number of piperazine rings is 1. The Morgan fingerprint density at radius 1 is 1.07 bits per heavy atom. The van der Waals surface area contributed by atoms with E-state index in [1.54, 1.807) is 0 Å². The van der Waals surface area contributed by atoms with Gasteiger partial charge in [0.05, 0.1) is 12.1 Å². The number of nitrogens with zero attached hydrogens (tertiary/aromatic N) is 2. The molecule has 2 fully saturated rings. The number of amides is 1. The van der Waals surface area contributed by atoms with Crippen LogP contribution in [0.15, 0.2) is 24.3 Å². The molecule has 2 aliphatic heterocycles. The van der Waals surface area contributed by atoms with Gasteiger partial charge in [0.1, 0.15) is 0 Å². The zero-order valence-corrected chi connectivity index (χ0v) is 18.8. The minimum absolute atomic E-state index is 0. The van der Waals surface area contributed by atoms with Crippen molar-refractivity contribution in [1.82, 2.24) is 20.4 Å². The molecule has 0 spiro atoms. The number of carbonyl (C=O) groups excluding carboxylic acids is 1. The van der Waals surface area contributed by atoms with E-state index in [4.69, 9.17) is 0 Å². The average molecular weight is 456 g/mol. The highest BCUT2D eigenvalue weighted by atomic mass is 35.5. The van der Waals surface area contributed by atoms with Crippen molar-refractivity contribution in [3.05, 3.63) is 35.4 Å². The van der Waals surface area contributed by atoms with Crippen LogP contribution < -0.4 is 10.6 Å². The lowest BCUT2D eigenvalue weighted by Crippen LogP contribution is -2.45. The largest absolute Gasteiger partial charge is 0.392 e. The third kappa shape index (κ3) is 8.03. The van der Waals surface area contributed by atoms with Crippen molar-refractivity contribution in [3.63, 3.8) is 0 Å². The number of hydrogen-bond donors (Lipinski definition) is 3. The van der Waals surface area contributed by atoms with Crippen molar-refractivity contribution in [2.75, 3.05) is 39.3 Å². The summed E-state index contributed by atoms with van der Waals surface area (Å²) in [6.45, 7) is 9.96. The molecule has 1 amide bonds. The molecule has 2 atom stereocenters. The van der Waals surface area contributed by atoms with Crippen LogP contribution in [0.2, 0.25) is 0 Å². The van der Waals surface area contributed by atoms with E-state index in [9.17, 15) is 9.90 Å². The number of nitrogens with one attached hydrogen (secondary N) is 2. The number of carbonyl (C=O) groups is 1. The fourth-order valence-corrected chi connectivity index (χ4v) is 3.51. The summed E-state index contributed by atoms with van der Waals surface area (Å²) in [7, 11) is 0. The topological polar surface area (TPSA) is 67.8 Å². The second-order valence-corrected chi connectivity index (χ2v) is 7.10. The molecule has 6 nitrogen and oxygen atoms in total. The number of likely N-dealkylation sites (N-methyl/N-ethyl adjacent to an activating group) is 1. The first-order valence-electron chi connectivity index (χ1n) is 9.35. The van der Waals surface area contributed by atoms with Gasteiger partial charge in [-0.15, -0.1) is 37.2 Å². The summed E-state index contributed by atoms with van der Waals surface area (Å²) in [5.41, 5.74) is 2.42. The Balaban J connectivity index is 0.00000243. The Morgan fingerprint density at radius 3 is 2.18 bits per heavy atom. The molecule has 0 aromatic heterocycles. The number of hydrogen-bond acceptors (Lipinski definition) is 5. The van der Waals surface area contributed by atoms with E-state index >= 15 is 0 Å². The first-order chi connectivity index (χ1) is 12.1. The summed E-state index contributed by atoms with van der Waals surface area (Å²) >= 11 is 0. The molecule has 3 rings (SSSR count). The summed E-state index contributed by atoms with van der Waals surface area (Å²) in [6.07, 6.45) is 0.0880. The van der Waals surface area contributed by atoms with Crippen LogP contribution in [0.25, 0.3) is 0 Å². The molecule has 0 bridgehead atoms. The van der Waals surface area contributed by atoms with E-state index in [0.717, 1.165) is 44.8 Å². The fraction of sp³-hybridized carbons (Fsp3) is 0.632. The van der Waals surface area contributed by atoms with Crippen molar-refractivity contribution in [2.24, 2.45) is 0 Å². The SMILES string of the molecule is CCN1CCN(Cc2ccc(CNC(=O)C3CC(O)CN3)cc2)CC1.Cl.Cl.Cl. The maximum Gasteiger partial charge on any atom is 0.237 e. The third-order valence-electron chi connectivity index (χ3n) is 5.23. The van der Waals surface area contributed by atoms with Crippen molar-refractivity contribution in [2.45, 2.75) is 38.6 Å². The van der Waals surface area contributed by atoms with Gasteiger partial charge in [-0.3, -0.25) is 9.69 Å². The summed E-state index contributed by atoms with van der Waals surface area (Å²) in [5, 5.41) is 15.5. The molecule has 2 aliphatic rings. The molecule has 9 heteroatoms. The highest BCUT2D eigenvalue weighted by molar-refractivity contribution is 5.86. The summed E-state index contributed by atoms with van der Waals surface area (Å²) in [4.78, 5) is 17.0. The van der Waals surface area contributed by atoms with E-state index in [2.05, 4.69) is 51.6 Å². The van der Waals surface area contributed by atoms with Crippen LogP contribution in [0.5, 0.6) is 0 Å². The average Bonchev–Trinajstić information content (AvgIpc) is 3.08. The van der Waals surface area contributed by atoms with Gasteiger partial charge in [0, 0.05) is 45.8 Å². The molecular formula is C19H33Cl3N4O2. The van der Waals surface area contributed by atoms with Gasteiger partial charge in [0.2, 0.25) is 5.91 Å². The second kappa shape index (κ2) is 13.6. The molecular weight excluding hydrogens is 423 g/mol. The zero-order chi connectivity index (χ0) is 17.6. The smallest absolute Gasteiger partial charge is 0.237 e. The maximum absolute atomic E-state index is 12.0. The van der Waals surface area contributed by atoms with E-state index < -0.39 is 6.10 Å².